The van der Waals surface area contributed by atoms with Gasteiger partial charge in [0.25, 0.3) is 11.5 Å². The molecule has 3 rings (SSSR count). The number of hydrogen-bond donors (Lipinski definition) is 1. The van der Waals surface area contributed by atoms with Gasteiger partial charge in [0.2, 0.25) is 0 Å². The maximum Gasteiger partial charge on any atom is 0.430 e. The van der Waals surface area contributed by atoms with Crippen LogP contribution in [0.4, 0.5) is 13.2 Å². The van der Waals surface area contributed by atoms with Gasteiger partial charge in [-0.15, -0.1) is 0 Å². The van der Waals surface area contributed by atoms with Crippen LogP contribution in [0, 0.1) is 0 Å². The van der Waals surface area contributed by atoms with Crippen LogP contribution in [0.1, 0.15) is 24.8 Å². The standard InChI is InChI=1S/C19H20F3NO5/c1-27-14-7-6-11(10-15(14)28-2)8-9-23-12-4-3-5-13(24)16(12)18(26,17(23)25)19(20,21)22/h6-7,10,26H,3-5,8-9H2,1-2H3/t18-/m0/s1. The molecule has 0 spiro atoms. The van der Waals surface area contributed by atoms with Gasteiger partial charge < -0.3 is 19.5 Å². The summed E-state index contributed by atoms with van der Waals surface area (Å²) in [5, 5.41) is 10.2. The van der Waals surface area contributed by atoms with Crippen LogP contribution in [-0.2, 0) is 16.0 Å². The van der Waals surface area contributed by atoms with E-state index in [0.29, 0.717) is 23.5 Å². The molecule has 152 valence electrons. The molecular weight excluding hydrogens is 379 g/mol. The first kappa shape index (κ1) is 20.2. The first-order valence-corrected chi connectivity index (χ1v) is 8.74. The van der Waals surface area contributed by atoms with E-state index < -0.39 is 29.0 Å². The van der Waals surface area contributed by atoms with Crippen molar-refractivity contribution in [2.45, 2.75) is 37.5 Å². The average Bonchev–Trinajstić information content (AvgIpc) is 2.89. The monoisotopic (exact) mass is 399 g/mol. The van der Waals surface area contributed by atoms with Gasteiger partial charge in [0.1, 0.15) is 0 Å². The molecule has 9 heteroatoms. The summed E-state index contributed by atoms with van der Waals surface area (Å²) in [7, 11) is 2.94. The topological polar surface area (TPSA) is 76.1 Å². The van der Waals surface area contributed by atoms with E-state index in [1.54, 1.807) is 18.2 Å². The van der Waals surface area contributed by atoms with E-state index in [0.717, 1.165) is 4.90 Å². The Balaban J connectivity index is 1.90. The minimum Gasteiger partial charge on any atom is -0.493 e. The molecule has 1 amide bonds. The first-order chi connectivity index (χ1) is 13.1. The summed E-state index contributed by atoms with van der Waals surface area (Å²) in [6, 6.07) is 5.02. The second-order valence-corrected chi connectivity index (χ2v) is 6.70. The van der Waals surface area contributed by atoms with Crippen LogP contribution < -0.4 is 9.47 Å². The minimum absolute atomic E-state index is 0.0263. The number of nitrogens with zero attached hydrogens (tertiary/aromatic N) is 1. The Kier molecular flexibility index (Phi) is 5.14. The molecule has 1 aliphatic carbocycles. The minimum atomic E-state index is -5.27. The quantitative estimate of drug-likeness (QED) is 0.823. The average molecular weight is 399 g/mol. The van der Waals surface area contributed by atoms with Gasteiger partial charge in [-0.05, 0) is 37.0 Å². The number of alkyl halides is 3. The molecule has 0 unspecified atom stereocenters. The van der Waals surface area contributed by atoms with Gasteiger partial charge in [-0.2, -0.15) is 13.2 Å². The smallest absolute Gasteiger partial charge is 0.430 e. The van der Waals surface area contributed by atoms with E-state index in [4.69, 9.17) is 9.47 Å². The number of ether oxygens (including phenoxy) is 2. The number of rotatable bonds is 5. The molecule has 1 aromatic carbocycles. The predicted octanol–water partition coefficient (Wildman–Crippen LogP) is 2.39. The summed E-state index contributed by atoms with van der Waals surface area (Å²) in [6.45, 7) is -0.0984. The Morgan fingerprint density at radius 2 is 1.82 bits per heavy atom. The number of amides is 1. The van der Waals surface area contributed by atoms with Crippen LogP contribution in [0.15, 0.2) is 29.5 Å². The van der Waals surface area contributed by atoms with Crippen LogP contribution in [-0.4, -0.2) is 54.2 Å². The first-order valence-electron chi connectivity index (χ1n) is 8.74. The van der Waals surface area contributed by atoms with Crippen LogP contribution in [0.2, 0.25) is 0 Å². The molecule has 1 N–H and O–H groups in total. The van der Waals surface area contributed by atoms with Crippen molar-refractivity contribution in [2.75, 3.05) is 20.8 Å². The molecule has 1 aromatic rings. The summed E-state index contributed by atoms with van der Waals surface area (Å²) in [6.07, 6.45) is -4.70. The number of ketones is 1. The maximum atomic E-state index is 13.5. The van der Waals surface area contributed by atoms with Gasteiger partial charge in [-0.3, -0.25) is 9.59 Å². The highest BCUT2D eigenvalue weighted by molar-refractivity contribution is 6.11. The van der Waals surface area contributed by atoms with E-state index in [2.05, 4.69) is 0 Å². The van der Waals surface area contributed by atoms with E-state index in [1.807, 2.05) is 0 Å². The van der Waals surface area contributed by atoms with E-state index in [1.165, 1.54) is 14.2 Å². The second-order valence-electron chi connectivity index (χ2n) is 6.70. The normalized spacial score (nSPS) is 22.6. The highest BCUT2D eigenvalue weighted by Gasteiger charge is 2.69. The summed E-state index contributed by atoms with van der Waals surface area (Å²) in [5.41, 5.74) is -3.90. The number of allylic oxidation sites excluding steroid dienone is 1. The van der Waals surface area contributed by atoms with Gasteiger partial charge >= 0.3 is 6.18 Å². The molecule has 6 nitrogen and oxygen atoms in total. The summed E-state index contributed by atoms with van der Waals surface area (Å²) >= 11 is 0. The zero-order chi connectivity index (χ0) is 20.7. The van der Waals surface area contributed by atoms with E-state index in [-0.39, 0.29) is 31.5 Å². The van der Waals surface area contributed by atoms with Crippen molar-refractivity contribution in [3.63, 3.8) is 0 Å². The van der Waals surface area contributed by atoms with Crippen molar-refractivity contribution in [1.82, 2.24) is 4.90 Å². The molecule has 0 aromatic heterocycles. The molecule has 0 radical (unpaired) electrons. The molecule has 1 atom stereocenters. The van der Waals surface area contributed by atoms with Crippen LogP contribution in [0.5, 0.6) is 11.5 Å². The van der Waals surface area contributed by atoms with Gasteiger partial charge in [0, 0.05) is 18.7 Å². The predicted molar refractivity (Wildman–Crippen MR) is 91.9 cm³/mol. The Hall–Kier alpha value is -2.55. The third-order valence-corrected chi connectivity index (χ3v) is 5.11. The van der Waals surface area contributed by atoms with Gasteiger partial charge in [0.05, 0.1) is 19.8 Å². The van der Waals surface area contributed by atoms with Crippen molar-refractivity contribution < 1.29 is 37.3 Å². The fraction of sp³-hybridized carbons (Fsp3) is 0.474. The molecular formula is C19H20F3NO5. The van der Waals surface area contributed by atoms with Crippen molar-refractivity contribution >= 4 is 11.7 Å². The molecule has 0 saturated heterocycles. The van der Waals surface area contributed by atoms with Crippen molar-refractivity contribution in [3.05, 3.63) is 35.0 Å². The summed E-state index contributed by atoms with van der Waals surface area (Å²) < 4.78 is 51.0. The van der Waals surface area contributed by atoms with Crippen LogP contribution in [0.25, 0.3) is 0 Å². The summed E-state index contributed by atoms with van der Waals surface area (Å²) in [5.74, 6) is -1.39. The van der Waals surface area contributed by atoms with Crippen LogP contribution in [0.3, 0.4) is 0 Å². The molecule has 0 bridgehead atoms. The van der Waals surface area contributed by atoms with E-state index in [9.17, 15) is 27.9 Å². The zero-order valence-electron chi connectivity index (χ0n) is 15.4. The van der Waals surface area contributed by atoms with Crippen molar-refractivity contribution in [1.29, 1.82) is 0 Å². The Labute approximate surface area is 159 Å². The lowest BCUT2D eigenvalue weighted by molar-refractivity contribution is -0.238. The maximum absolute atomic E-state index is 13.5. The molecule has 28 heavy (non-hydrogen) atoms. The lowest BCUT2D eigenvalue weighted by Crippen LogP contribution is -2.55. The van der Waals surface area contributed by atoms with Crippen LogP contribution >= 0.6 is 0 Å². The number of methoxy groups -OCH3 is 2. The number of aliphatic hydroxyl groups is 1. The van der Waals surface area contributed by atoms with Gasteiger partial charge in [0.15, 0.2) is 17.3 Å². The third kappa shape index (κ3) is 3.03. The molecule has 0 fully saturated rings. The largest absolute Gasteiger partial charge is 0.493 e. The lowest BCUT2D eigenvalue weighted by Gasteiger charge is -2.27. The number of hydrogen-bond acceptors (Lipinski definition) is 5. The van der Waals surface area contributed by atoms with E-state index >= 15 is 0 Å². The third-order valence-electron chi connectivity index (χ3n) is 5.11. The summed E-state index contributed by atoms with van der Waals surface area (Å²) in [4.78, 5) is 25.6. The number of halogens is 3. The van der Waals surface area contributed by atoms with Crippen molar-refractivity contribution in [3.8, 4) is 11.5 Å². The zero-order valence-corrected chi connectivity index (χ0v) is 15.4. The Bertz CT molecular complexity index is 848. The lowest BCUT2D eigenvalue weighted by atomic mass is 9.85. The Morgan fingerprint density at radius 1 is 1.14 bits per heavy atom. The number of carbonyl (C=O) groups is 2. The van der Waals surface area contributed by atoms with Crippen molar-refractivity contribution in [2.24, 2.45) is 0 Å². The highest BCUT2D eigenvalue weighted by Crippen LogP contribution is 2.48. The Morgan fingerprint density at radius 3 is 2.43 bits per heavy atom. The SMILES string of the molecule is COc1ccc(CCN2C(=O)[C@](O)(C(F)(F)F)C3=C2CCCC3=O)cc1OC. The number of benzene rings is 1. The highest BCUT2D eigenvalue weighted by atomic mass is 19.4. The van der Waals surface area contributed by atoms with Gasteiger partial charge in [-0.1, -0.05) is 6.07 Å². The fourth-order valence-corrected chi connectivity index (χ4v) is 3.71. The number of Topliss-reactive ketones (excluding diaryl/α,β-unsaturated/α-hetero) is 1. The second kappa shape index (κ2) is 7.12. The molecule has 1 heterocycles. The molecule has 2 aliphatic rings. The fourth-order valence-electron chi connectivity index (χ4n) is 3.71. The van der Waals surface area contributed by atoms with Gasteiger partial charge in [-0.25, -0.2) is 0 Å². The molecule has 1 aliphatic heterocycles. The number of carbonyl (C=O) groups excluding carboxylic acids is 2. The molecule has 0 saturated carbocycles.